The quantitative estimate of drug-likeness (QED) is 0.287. The molecule has 6 aromatic rings. The molecule has 0 amide bonds. The number of H-pyrrole nitrogens is 1. The third-order valence-corrected chi connectivity index (χ3v) is 5.89. The first-order valence-electron chi connectivity index (χ1n) is 11.2. The number of hydrogen-bond donors (Lipinski definition) is 0. The second-order valence-electron chi connectivity index (χ2n) is 8.06. The fourth-order valence-corrected chi connectivity index (χ4v) is 4.11. The molecule has 9 heteroatoms. The minimum absolute atomic E-state index is 0.235. The highest BCUT2D eigenvalue weighted by molar-refractivity contribution is 6.04. The topological polar surface area (TPSA) is 106 Å². The number of carbonyl (C=O) groups is 1. The van der Waals surface area contributed by atoms with Gasteiger partial charge in [0.25, 0.3) is 5.65 Å². The Labute approximate surface area is 203 Å². The van der Waals surface area contributed by atoms with E-state index in [0.717, 1.165) is 11.3 Å². The molecule has 0 aliphatic carbocycles. The zero-order chi connectivity index (χ0) is 24.6. The molecule has 6 rings (SSSR count). The predicted octanol–water partition coefficient (Wildman–Crippen LogP) is 3.37. The summed E-state index contributed by atoms with van der Waals surface area (Å²) in [6, 6.07) is 23.7. The number of ether oxygens (including phenoxy) is 1. The Morgan fingerprint density at radius 2 is 1.64 bits per heavy atom. The van der Waals surface area contributed by atoms with Crippen molar-refractivity contribution in [2.24, 2.45) is 5.10 Å². The molecule has 3 aromatic carbocycles. The second kappa shape index (κ2) is 8.55. The van der Waals surface area contributed by atoms with E-state index in [2.05, 4.69) is 10.1 Å². The minimum atomic E-state index is -0.410. The summed E-state index contributed by atoms with van der Waals surface area (Å²) in [6.45, 7) is 0. The van der Waals surface area contributed by atoms with Crippen molar-refractivity contribution in [2.45, 2.75) is 0 Å². The van der Waals surface area contributed by atoms with Crippen LogP contribution < -0.4 is 10.5 Å². The molecule has 0 atom stereocenters. The van der Waals surface area contributed by atoms with Crippen molar-refractivity contribution in [2.75, 3.05) is 7.11 Å². The van der Waals surface area contributed by atoms with Gasteiger partial charge in [0.2, 0.25) is 5.65 Å². The highest BCUT2D eigenvalue weighted by Crippen LogP contribution is 2.24. The summed E-state index contributed by atoms with van der Waals surface area (Å²) in [5.74, 6) is -0.410. The summed E-state index contributed by atoms with van der Waals surface area (Å²) in [4.78, 5) is 38.1. The molecule has 3 aromatic heterocycles. The molecule has 0 aliphatic rings. The number of rotatable bonds is 4. The molecule has 0 aliphatic heterocycles. The van der Waals surface area contributed by atoms with E-state index in [4.69, 9.17) is 14.7 Å². The van der Waals surface area contributed by atoms with Crippen molar-refractivity contribution in [3.63, 3.8) is 0 Å². The Morgan fingerprint density at radius 3 is 2.36 bits per heavy atom. The van der Waals surface area contributed by atoms with Gasteiger partial charge in [-0.1, -0.05) is 42.5 Å². The summed E-state index contributed by atoms with van der Waals surface area (Å²) in [6.07, 6.45) is 3.24. The van der Waals surface area contributed by atoms with Gasteiger partial charge in [-0.3, -0.25) is 0 Å². The highest BCUT2D eigenvalue weighted by Gasteiger charge is 2.25. The van der Waals surface area contributed by atoms with Crippen LogP contribution in [-0.4, -0.2) is 38.5 Å². The van der Waals surface area contributed by atoms with Gasteiger partial charge in [-0.15, -0.1) is 9.78 Å². The smallest absolute Gasteiger partial charge is 0.337 e. The number of nitrogens with one attached hydrogen (secondary N) is 1. The number of esters is 1. The molecule has 1 N–H and O–H groups in total. The summed E-state index contributed by atoms with van der Waals surface area (Å²) in [5.41, 5.74) is 4.43. The Hall–Kier alpha value is -5.18. The van der Waals surface area contributed by atoms with Gasteiger partial charge < -0.3 is 4.74 Å². The van der Waals surface area contributed by atoms with Crippen molar-refractivity contribution in [3.8, 4) is 5.69 Å². The van der Waals surface area contributed by atoms with Crippen LogP contribution in [0.3, 0.4) is 0 Å². The van der Waals surface area contributed by atoms with E-state index < -0.39 is 5.97 Å². The third-order valence-electron chi connectivity index (χ3n) is 5.89. The van der Waals surface area contributed by atoms with Gasteiger partial charge in [-0.05, 0) is 42.0 Å². The summed E-state index contributed by atoms with van der Waals surface area (Å²) >= 11 is 0. The SMILES string of the molecule is COC(=O)c1ccc(/C=N/n2c3nc4ccccc4nc3c3c(=O)n(-c4ccccc4)c[nH+]c32)cc1. The average molecular weight is 475 g/mol. The Balaban J connectivity index is 1.58. The molecule has 36 heavy (non-hydrogen) atoms. The standard InChI is InChI=1S/C27H18N6O3/c1-36-27(35)18-13-11-17(12-14-18)15-29-33-24-22(23-25(33)31-21-10-6-5-9-20(21)30-23)26(34)32(16-28-24)19-7-3-2-4-8-19/h2-16H,1H3/p+1/b29-15+. The number of hydrogen-bond acceptors (Lipinski definition) is 6. The van der Waals surface area contributed by atoms with Crippen LogP contribution in [0.15, 0.2) is 95.1 Å². The fraction of sp³-hybridized carbons (Fsp3) is 0.0370. The van der Waals surface area contributed by atoms with Gasteiger partial charge in [0, 0.05) is 0 Å². The summed E-state index contributed by atoms with van der Waals surface area (Å²) < 4.78 is 7.87. The van der Waals surface area contributed by atoms with E-state index in [1.165, 1.54) is 11.7 Å². The Kier molecular flexibility index (Phi) is 5.07. The number of nitrogens with zero attached hydrogens (tertiary/aromatic N) is 5. The minimum Gasteiger partial charge on any atom is -0.465 e. The average Bonchev–Trinajstić information content (AvgIpc) is 3.24. The van der Waals surface area contributed by atoms with Crippen LogP contribution in [0.1, 0.15) is 15.9 Å². The maximum atomic E-state index is 13.7. The van der Waals surface area contributed by atoms with Crippen molar-refractivity contribution in [3.05, 3.63) is 107 Å². The number of aromatic amines is 1. The van der Waals surface area contributed by atoms with Crippen molar-refractivity contribution < 1.29 is 14.5 Å². The lowest BCUT2D eigenvalue weighted by Crippen LogP contribution is -2.25. The van der Waals surface area contributed by atoms with E-state index in [-0.39, 0.29) is 5.56 Å². The fourth-order valence-electron chi connectivity index (χ4n) is 4.11. The van der Waals surface area contributed by atoms with Gasteiger partial charge in [0.05, 0.1) is 29.9 Å². The maximum Gasteiger partial charge on any atom is 0.337 e. The lowest BCUT2D eigenvalue weighted by atomic mass is 10.1. The predicted molar refractivity (Wildman–Crippen MR) is 135 cm³/mol. The molecule has 0 saturated heterocycles. The number of fused-ring (bicyclic) bond motifs is 4. The van der Waals surface area contributed by atoms with Crippen LogP contribution in [0.5, 0.6) is 0 Å². The van der Waals surface area contributed by atoms with Crippen molar-refractivity contribution in [1.82, 2.24) is 19.2 Å². The maximum absolute atomic E-state index is 13.7. The monoisotopic (exact) mass is 475 g/mol. The first kappa shape index (κ1) is 21.4. The lowest BCUT2D eigenvalue weighted by Gasteiger charge is -2.00. The Bertz CT molecular complexity index is 1850. The summed E-state index contributed by atoms with van der Waals surface area (Å²) in [7, 11) is 1.34. The Morgan fingerprint density at radius 1 is 0.944 bits per heavy atom. The molecular weight excluding hydrogens is 456 g/mol. The van der Waals surface area contributed by atoms with Crippen molar-refractivity contribution >= 4 is 45.4 Å². The van der Waals surface area contributed by atoms with Crippen LogP contribution in [0, 0.1) is 0 Å². The molecule has 0 bridgehead atoms. The first-order chi connectivity index (χ1) is 17.6. The van der Waals surface area contributed by atoms with E-state index >= 15 is 0 Å². The molecule has 0 radical (unpaired) electrons. The van der Waals surface area contributed by atoms with Gasteiger partial charge in [-0.2, -0.15) is 4.57 Å². The normalized spacial score (nSPS) is 11.6. The van der Waals surface area contributed by atoms with Crippen LogP contribution in [0.25, 0.3) is 38.9 Å². The largest absolute Gasteiger partial charge is 0.465 e. The number of methoxy groups -OCH3 is 1. The van der Waals surface area contributed by atoms with E-state index in [9.17, 15) is 9.59 Å². The molecule has 0 unspecified atom stereocenters. The number of aromatic nitrogens is 5. The van der Waals surface area contributed by atoms with Gasteiger partial charge in [0.15, 0.2) is 11.7 Å². The lowest BCUT2D eigenvalue weighted by molar-refractivity contribution is -0.356. The molecule has 0 spiro atoms. The molecule has 9 nitrogen and oxygen atoms in total. The third kappa shape index (κ3) is 3.50. The number of benzene rings is 3. The van der Waals surface area contributed by atoms with Gasteiger partial charge in [0.1, 0.15) is 11.2 Å². The van der Waals surface area contributed by atoms with E-state index in [1.807, 2.05) is 54.6 Å². The van der Waals surface area contributed by atoms with Crippen LogP contribution in [-0.2, 0) is 4.74 Å². The summed E-state index contributed by atoms with van der Waals surface area (Å²) in [5, 5.41) is 5.01. The van der Waals surface area contributed by atoms with Crippen molar-refractivity contribution in [1.29, 1.82) is 0 Å². The first-order valence-corrected chi connectivity index (χ1v) is 11.2. The molecule has 0 saturated carbocycles. The highest BCUT2D eigenvalue weighted by atomic mass is 16.5. The van der Waals surface area contributed by atoms with Gasteiger partial charge in [-0.25, -0.2) is 24.5 Å². The van der Waals surface area contributed by atoms with Crippen LogP contribution >= 0.6 is 0 Å². The molecular formula is C27H19N6O3+. The van der Waals surface area contributed by atoms with E-state index in [1.54, 1.807) is 41.5 Å². The zero-order valence-corrected chi connectivity index (χ0v) is 19.1. The molecule has 174 valence electrons. The molecule has 0 fully saturated rings. The number of para-hydroxylation sites is 3. The van der Waals surface area contributed by atoms with Crippen LogP contribution in [0.4, 0.5) is 0 Å². The van der Waals surface area contributed by atoms with Gasteiger partial charge >= 0.3 is 11.5 Å². The van der Waals surface area contributed by atoms with E-state index in [0.29, 0.717) is 38.8 Å². The second-order valence-corrected chi connectivity index (χ2v) is 8.06. The number of carbonyl (C=O) groups excluding carboxylic acids is 1. The van der Waals surface area contributed by atoms with Crippen LogP contribution in [0.2, 0.25) is 0 Å². The molecule has 3 heterocycles. The zero-order valence-electron chi connectivity index (χ0n) is 19.1.